The standard InChI is InChI=1S/C25H28F3N3O2/c1-18-4-2-3-5-19(18)16-22(32)30-13-10-24(11-14-30)12-15-31(17-24)23(33)29-21-8-6-20(7-9-21)25(26,27)28/h2-9H,10-17H2,1H3,(H,29,33). The third-order valence-corrected chi connectivity index (χ3v) is 6.97. The second-order valence-corrected chi connectivity index (χ2v) is 9.16. The monoisotopic (exact) mass is 459 g/mol. The average Bonchev–Trinajstić information content (AvgIpc) is 3.19. The molecule has 3 amide bonds. The molecule has 1 N–H and O–H groups in total. The Morgan fingerprint density at radius 3 is 2.15 bits per heavy atom. The molecule has 2 aliphatic rings. The maximum atomic E-state index is 12.8. The maximum Gasteiger partial charge on any atom is 0.416 e. The fraction of sp³-hybridized carbons (Fsp3) is 0.440. The Morgan fingerprint density at radius 2 is 1.55 bits per heavy atom. The van der Waals surface area contributed by atoms with Gasteiger partial charge in [0.2, 0.25) is 5.91 Å². The topological polar surface area (TPSA) is 52.7 Å². The first-order valence-corrected chi connectivity index (χ1v) is 11.2. The van der Waals surface area contributed by atoms with E-state index >= 15 is 0 Å². The second-order valence-electron chi connectivity index (χ2n) is 9.16. The third-order valence-electron chi connectivity index (χ3n) is 6.97. The van der Waals surface area contributed by atoms with E-state index in [9.17, 15) is 22.8 Å². The molecule has 2 saturated heterocycles. The summed E-state index contributed by atoms with van der Waals surface area (Å²) in [6.07, 6.45) is -1.44. The van der Waals surface area contributed by atoms with Crippen LogP contribution in [0.2, 0.25) is 0 Å². The van der Waals surface area contributed by atoms with Gasteiger partial charge in [0.15, 0.2) is 0 Å². The highest BCUT2D eigenvalue weighted by Gasteiger charge is 2.42. The molecular formula is C25H28F3N3O2. The van der Waals surface area contributed by atoms with E-state index in [1.807, 2.05) is 36.1 Å². The number of nitrogens with one attached hydrogen (secondary N) is 1. The number of hydrogen-bond acceptors (Lipinski definition) is 2. The number of aryl methyl sites for hydroxylation is 1. The SMILES string of the molecule is Cc1ccccc1CC(=O)N1CCC2(CC1)CCN(C(=O)Nc1ccc(C(F)(F)F)cc1)C2. The van der Waals surface area contributed by atoms with Crippen molar-refractivity contribution in [3.63, 3.8) is 0 Å². The highest BCUT2D eigenvalue weighted by molar-refractivity contribution is 5.89. The van der Waals surface area contributed by atoms with Crippen molar-refractivity contribution in [2.75, 3.05) is 31.5 Å². The van der Waals surface area contributed by atoms with Crippen molar-refractivity contribution in [3.8, 4) is 0 Å². The molecule has 0 saturated carbocycles. The zero-order valence-corrected chi connectivity index (χ0v) is 18.6. The van der Waals surface area contributed by atoms with Crippen molar-refractivity contribution >= 4 is 17.6 Å². The Bertz CT molecular complexity index is 1010. The predicted molar refractivity (Wildman–Crippen MR) is 120 cm³/mol. The molecular weight excluding hydrogens is 431 g/mol. The summed E-state index contributed by atoms with van der Waals surface area (Å²) in [4.78, 5) is 29.1. The number of anilines is 1. The summed E-state index contributed by atoms with van der Waals surface area (Å²) in [5, 5.41) is 2.70. The van der Waals surface area contributed by atoms with E-state index in [-0.39, 0.29) is 17.4 Å². The van der Waals surface area contributed by atoms with Crippen LogP contribution in [0.1, 0.15) is 36.0 Å². The Morgan fingerprint density at radius 1 is 0.939 bits per heavy atom. The lowest BCUT2D eigenvalue weighted by Crippen LogP contribution is -2.45. The number of carbonyl (C=O) groups excluding carboxylic acids is 2. The fourth-order valence-electron chi connectivity index (χ4n) is 4.78. The smallest absolute Gasteiger partial charge is 0.342 e. The molecule has 0 aromatic heterocycles. The van der Waals surface area contributed by atoms with Gasteiger partial charge < -0.3 is 15.1 Å². The van der Waals surface area contributed by atoms with E-state index in [1.54, 1.807) is 4.90 Å². The van der Waals surface area contributed by atoms with Gasteiger partial charge in [-0.25, -0.2) is 4.79 Å². The molecule has 5 nitrogen and oxygen atoms in total. The summed E-state index contributed by atoms with van der Waals surface area (Å²) in [7, 11) is 0. The largest absolute Gasteiger partial charge is 0.416 e. The lowest BCUT2D eigenvalue weighted by molar-refractivity contribution is -0.137. The zero-order valence-electron chi connectivity index (χ0n) is 18.6. The summed E-state index contributed by atoms with van der Waals surface area (Å²) in [6.45, 7) is 4.57. The van der Waals surface area contributed by atoms with Crippen LogP contribution < -0.4 is 5.32 Å². The minimum absolute atomic E-state index is 0.00305. The summed E-state index contributed by atoms with van der Waals surface area (Å²) in [5.74, 6) is 0.133. The number of hydrogen-bond donors (Lipinski definition) is 1. The van der Waals surface area contributed by atoms with Crippen LogP contribution in [0.4, 0.5) is 23.7 Å². The van der Waals surface area contributed by atoms with E-state index in [0.29, 0.717) is 38.3 Å². The van der Waals surface area contributed by atoms with Crippen LogP contribution in [0.25, 0.3) is 0 Å². The van der Waals surface area contributed by atoms with Gasteiger partial charge in [-0.1, -0.05) is 24.3 Å². The van der Waals surface area contributed by atoms with Crippen molar-refractivity contribution in [2.45, 2.75) is 38.8 Å². The molecule has 2 aromatic rings. The first kappa shape index (κ1) is 23.1. The Labute approximate surface area is 191 Å². The minimum atomic E-state index is -4.40. The van der Waals surface area contributed by atoms with Crippen molar-refractivity contribution in [2.24, 2.45) is 5.41 Å². The molecule has 8 heteroatoms. The fourth-order valence-corrected chi connectivity index (χ4v) is 4.78. The van der Waals surface area contributed by atoms with Crippen LogP contribution in [-0.2, 0) is 17.4 Å². The zero-order chi connectivity index (χ0) is 23.6. The molecule has 2 aliphatic heterocycles. The van der Waals surface area contributed by atoms with Crippen molar-refractivity contribution in [1.29, 1.82) is 0 Å². The average molecular weight is 460 g/mol. The lowest BCUT2D eigenvalue weighted by Gasteiger charge is -2.39. The quantitative estimate of drug-likeness (QED) is 0.694. The molecule has 1 spiro atoms. The molecule has 2 heterocycles. The van der Waals surface area contributed by atoms with Gasteiger partial charge in [-0.15, -0.1) is 0 Å². The summed E-state index contributed by atoms with van der Waals surface area (Å²) >= 11 is 0. The summed E-state index contributed by atoms with van der Waals surface area (Å²) in [5.41, 5.74) is 1.76. The molecule has 2 fully saturated rings. The first-order valence-electron chi connectivity index (χ1n) is 11.2. The van der Waals surface area contributed by atoms with Crippen molar-refractivity contribution in [1.82, 2.24) is 9.80 Å². The van der Waals surface area contributed by atoms with Crippen LogP contribution in [0, 0.1) is 12.3 Å². The molecule has 0 radical (unpaired) electrons. The number of rotatable bonds is 3. The minimum Gasteiger partial charge on any atom is -0.342 e. The molecule has 0 unspecified atom stereocenters. The van der Waals surface area contributed by atoms with Crippen LogP contribution >= 0.6 is 0 Å². The van der Waals surface area contributed by atoms with Gasteiger partial charge in [0.05, 0.1) is 12.0 Å². The number of halogens is 3. The number of likely N-dealkylation sites (tertiary alicyclic amines) is 2. The van der Waals surface area contributed by atoms with E-state index in [1.165, 1.54) is 12.1 Å². The van der Waals surface area contributed by atoms with Gasteiger partial charge in [-0.3, -0.25) is 4.79 Å². The highest BCUT2D eigenvalue weighted by atomic mass is 19.4. The molecule has 176 valence electrons. The Hall–Kier alpha value is -3.03. The van der Waals surface area contributed by atoms with E-state index in [4.69, 9.17) is 0 Å². The van der Waals surface area contributed by atoms with Crippen LogP contribution in [-0.4, -0.2) is 47.9 Å². The maximum absolute atomic E-state index is 12.8. The van der Waals surface area contributed by atoms with Crippen molar-refractivity contribution in [3.05, 3.63) is 65.2 Å². The molecule has 2 aromatic carbocycles. The second kappa shape index (κ2) is 9.08. The van der Waals surface area contributed by atoms with Gasteiger partial charge in [-0.05, 0) is 67.0 Å². The summed E-state index contributed by atoms with van der Waals surface area (Å²) in [6, 6.07) is 12.1. The van der Waals surface area contributed by atoms with Gasteiger partial charge in [-0.2, -0.15) is 13.2 Å². The molecule has 33 heavy (non-hydrogen) atoms. The van der Waals surface area contributed by atoms with Gasteiger partial charge >= 0.3 is 12.2 Å². The highest BCUT2D eigenvalue weighted by Crippen LogP contribution is 2.40. The Kier molecular flexibility index (Phi) is 6.36. The summed E-state index contributed by atoms with van der Waals surface area (Å²) < 4.78 is 38.1. The van der Waals surface area contributed by atoms with Gasteiger partial charge in [0, 0.05) is 31.9 Å². The molecule has 4 rings (SSSR count). The molecule has 0 aliphatic carbocycles. The van der Waals surface area contributed by atoms with E-state index in [0.717, 1.165) is 42.5 Å². The number of urea groups is 1. The molecule has 0 bridgehead atoms. The van der Waals surface area contributed by atoms with Crippen molar-refractivity contribution < 1.29 is 22.8 Å². The van der Waals surface area contributed by atoms with E-state index in [2.05, 4.69) is 5.32 Å². The van der Waals surface area contributed by atoms with Crippen LogP contribution in [0.3, 0.4) is 0 Å². The first-order chi connectivity index (χ1) is 15.7. The number of amides is 3. The van der Waals surface area contributed by atoms with Gasteiger partial charge in [0.25, 0.3) is 0 Å². The number of carbonyl (C=O) groups is 2. The predicted octanol–water partition coefficient (Wildman–Crippen LogP) is 5.10. The third kappa shape index (κ3) is 5.31. The number of piperidine rings is 1. The molecule has 0 atom stereocenters. The normalized spacial score (nSPS) is 17.9. The lowest BCUT2D eigenvalue weighted by atomic mass is 9.77. The van der Waals surface area contributed by atoms with E-state index < -0.39 is 11.7 Å². The number of nitrogens with zero attached hydrogens (tertiary/aromatic N) is 2. The van der Waals surface area contributed by atoms with Crippen LogP contribution in [0.15, 0.2) is 48.5 Å². The number of alkyl halides is 3. The number of benzene rings is 2. The van der Waals surface area contributed by atoms with Gasteiger partial charge in [0.1, 0.15) is 0 Å². The Balaban J connectivity index is 1.28. The van der Waals surface area contributed by atoms with Crippen LogP contribution in [0.5, 0.6) is 0 Å².